The average Bonchev–Trinajstić information content (AvgIpc) is 2.89. The zero-order valence-electron chi connectivity index (χ0n) is 10.4. The van der Waals surface area contributed by atoms with E-state index in [0.717, 1.165) is 30.8 Å². The summed E-state index contributed by atoms with van der Waals surface area (Å²) in [5.41, 5.74) is 2.50. The average molecular weight is 242 g/mol. The lowest BCUT2D eigenvalue weighted by Crippen LogP contribution is -2.26. The lowest BCUT2D eigenvalue weighted by molar-refractivity contribution is 0.413. The van der Waals surface area contributed by atoms with Crippen LogP contribution in [0.4, 0.5) is 0 Å². The Morgan fingerprint density at radius 1 is 1.33 bits per heavy atom. The van der Waals surface area contributed by atoms with E-state index < -0.39 is 0 Å². The first kappa shape index (κ1) is 11.5. The minimum atomic E-state index is 0.455. The van der Waals surface area contributed by atoms with Gasteiger partial charge in [-0.05, 0) is 31.0 Å². The number of furan rings is 1. The number of fused-ring (bicyclic) bond motifs is 1. The van der Waals surface area contributed by atoms with Gasteiger partial charge in [0.15, 0.2) is 0 Å². The quantitative estimate of drug-likeness (QED) is 0.896. The molecule has 0 fully saturated rings. The molecule has 0 aromatic carbocycles. The molecule has 2 aromatic heterocycles. The first-order valence-electron chi connectivity index (χ1n) is 6.63. The molecule has 0 amide bonds. The van der Waals surface area contributed by atoms with E-state index in [1.54, 1.807) is 0 Å². The normalized spacial score (nSPS) is 18.6. The zero-order chi connectivity index (χ0) is 12.2. The lowest BCUT2D eigenvalue weighted by atomic mass is 9.93. The fourth-order valence-electron chi connectivity index (χ4n) is 2.62. The van der Waals surface area contributed by atoms with Gasteiger partial charge in [-0.2, -0.15) is 0 Å². The van der Waals surface area contributed by atoms with E-state index in [1.807, 2.05) is 24.6 Å². The second-order valence-electron chi connectivity index (χ2n) is 4.77. The molecule has 0 saturated heterocycles. The molecule has 1 atom stereocenters. The van der Waals surface area contributed by atoms with Crippen LogP contribution in [0.25, 0.3) is 0 Å². The number of aryl methyl sites for hydroxylation is 1. The van der Waals surface area contributed by atoms with Gasteiger partial charge in [0.05, 0.1) is 6.26 Å². The largest absolute Gasteiger partial charge is 0.469 e. The van der Waals surface area contributed by atoms with E-state index >= 15 is 0 Å². The molecule has 2 heterocycles. The summed E-state index contributed by atoms with van der Waals surface area (Å²) >= 11 is 0. The number of rotatable bonds is 4. The molecule has 0 bridgehead atoms. The van der Waals surface area contributed by atoms with Crippen LogP contribution in [0.3, 0.4) is 0 Å². The van der Waals surface area contributed by atoms with E-state index in [2.05, 4.69) is 22.4 Å². The van der Waals surface area contributed by atoms with Gasteiger partial charge in [0, 0.05) is 42.9 Å². The molecule has 3 heteroatoms. The summed E-state index contributed by atoms with van der Waals surface area (Å²) in [7, 11) is 0. The summed E-state index contributed by atoms with van der Waals surface area (Å²) in [5.74, 6) is 1.16. The molecule has 1 N–H and O–H groups in total. The van der Waals surface area contributed by atoms with E-state index in [9.17, 15) is 0 Å². The molecule has 0 spiro atoms. The Morgan fingerprint density at radius 3 is 3.22 bits per heavy atom. The third kappa shape index (κ3) is 2.46. The minimum Gasteiger partial charge on any atom is -0.469 e. The Hall–Kier alpha value is -1.61. The third-order valence-corrected chi connectivity index (χ3v) is 3.55. The van der Waals surface area contributed by atoms with Gasteiger partial charge in [-0.15, -0.1) is 0 Å². The van der Waals surface area contributed by atoms with Crippen molar-refractivity contribution in [1.82, 2.24) is 10.3 Å². The Kier molecular flexibility index (Phi) is 3.42. The van der Waals surface area contributed by atoms with Crippen molar-refractivity contribution in [2.75, 3.05) is 6.54 Å². The highest BCUT2D eigenvalue weighted by atomic mass is 16.3. The molecule has 1 aliphatic carbocycles. The first-order valence-corrected chi connectivity index (χ1v) is 6.63. The van der Waals surface area contributed by atoms with Gasteiger partial charge in [0.2, 0.25) is 0 Å². The molecular formula is C15H18N2O. The predicted molar refractivity (Wildman–Crippen MR) is 70.3 cm³/mol. The van der Waals surface area contributed by atoms with Crippen LogP contribution in [0, 0.1) is 0 Å². The summed E-state index contributed by atoms with van der Waals surface area (Å²) in [6.45, 7) is 0.965. The number of aromatic nitrogens is 1. The van der Waals surface area contributed by atoms with Gasteiger partial charge < -0.3 is 9.73 Å². The smallest absolute Gasteiger partial charge is 0.108 e. The van der Waals surface area contributed by atoms with Crippen LogP contribution in [0.15, 0.2) is 41.1 Å². The van der Waals surface area contributed by atoms with Crippen LogP contribution in [-0.4, -0.2) is 11.5 Å². The number of nitrogens with zero attached hydrogens (tertiary/aromatic N) is 1. The molecule has 18 heavy (non-hydrogen) atoms. The van der Waals surface area contributed by atoms with Gasteiger partial charge in [-0.1, -0.05) is 6.07 Å². The number of hydrogen-bond donors (Lipinski definition) is 1. The van der Waals surface area contributed by atoms with Gasteiger partial charge in [-0.25, -0.2) is 0 Å². The van der Waals surface area contributed by atoms with Crippen LogP contribution >= 0.6 is 0 Å². The Bertz CT molecular complexity index is 492. The second-order valence-corrected chi connectivity index (χ2v) is 4.77. The minimum absolute atomic E-state index is 0.455. The molecule has 94 valence electrons. The zero-order valence-corrected chi connectivity index (χ0v) is 10.4. The lowest BCUT2D eigenvalue weighted by Gasteiger charge is -2.22. The summed E-state index contributed by atoms with van der Waals surface area (Å²) < 4.78 is 5.50. The van der Waals surface area contributed by atoms with E-state index in [0.29, 0.717) is 6.04 Å². The molecule has 0 radical (unpaired) electrons. The fourth-order valence-corrected chi connectivity index (χ4v) is 2.62. The van der Waals surface area contributed by atoms with E-state index in [1.165, 1.54) is 18.4 Å². The molecule has 0 aliphatic heterocycles. The van der Waals surface area contributed by atoms with Crippen molar-refractivity contribution in [3.05, 3.63) is 53.7 Å². The SMILES string of the molecule is c1ccc(CCNC2CCCc3occc32)nc1. The van der Waals surface area contributed by atoms with Crippen molar-refractivity contribution in [3.8, 4) is 0 Å². The molecular weight excluding hydrogens is 224 g/mol. The van der Waals surface area contributed by atoms with Crippen molar-refractivity contribution >= 4 is 0 Å². The maximum Gasteiger partial charge on any atom is 0.108 e. The molecule has 2 aromatic rings. The molecule has 3 nitrogen and oxygen atoms in total. The van der Waals surface area contributed by atoms with Crippen LogP contribution in [0.2, 0.25) is 0 Å². The first-order chi connectivity index (χ1) is 8.93. The summed E-state index contributed by atoms with van der Waals surface area (Å²) in [6.07, 6.45) is 8.13. The van der Waals surface area contributed by atoms with Crippen molar-refractivity contribution in [1.29, 1.82) is 0 Å². The monoisotopic (exact) mass is 242 g/mol. The number of pyridine rings is 1. The van der Waals surface area contributed by atoms with Crippen molar-refractivity contribution in [2.24, 2.45) is 0 Å². The van der Waals surface area contributed by atoms with E-state index in [-0.39, 0.29) is 0 Å². The van der Waals surface area contributed by atoms with Crippen molar-refractivity contribution < 1.29 is 4.42 Å². The third-order valence-electron chi connectivity index (χ3n) is 3.55. The highest BCUT2D eigenvalue weighted by Gasteiger charge is 2.21. The Labute approximate surface area is 107 Å². The molecule has 0 saturated carbocycles. The van der Waals surface area contributed by atoms with Crippen LogP contribution in [-0.2, 0) is 12.8 Å². The maximum atomic E-state index is 5.50. The topological polar surface area (TPSA) is 38.1 Å². The van der Waals surface area contributed by atoms with Crippen molar-refractivity contribution in [3.63, 3.8) is 0 Å². The number of hydrogen-bond acceptors (Lipinski definition) is 3. The van der Waals surface area contributed by atoms with Crippen LogP contribution < -0.4 is 5.32 Å². The fraction of sp³-hybridized carbons (Fsp3) is 0.400. The predicted octanol–water partition coefficient (Wildman–Crippen LogP) is 2.88. The Balaban J connectivity index is 1.56. The number of nitrogens with one attached hydrogen (secondary N) is 1. The summed E-state index contributed by atoms with van der Waals surface area (Å²) in [4.78, 5) is 4.34. The van der Waals surface area contributed by atoms with Gasteiger partial charge >= 0.3 is 0 Å². The molecule has 1 unspecified atom stereocenters. The van der Waals surface area contributed by atoms with Crippen molar-refractivity contribution in [2.45, 2.75) is 31.7 Å². The maximum absolute atomic E-state index is 5.50. The Morgan fingerprint density at radius 2 is 2.33 bits per heavy atom. The van der Waals surface area contributed by atoms with Crippen LogP contribution in [0.5, 0.6) is 0 Å². The second kappa shape index (κ2) is 5.36. The summed E-state index contributed by atoms with van der Waals surface area (Å²) in [6, 6.07) is 8.63. The summed E-state index contributed by atoms with van der Waals surface area (Å²) in [5, 5.41) is 3.61. The standard InChI is InChI=1S/C15H18N2O/c1-2-9-16-12(4-1)7-10-17-14-5-3-6-15-13(14)8-11-18-15/h1-2,4,8-9,11,14,17H,3,5-7,10H2. The highest BCUT2D eigenvalue weighted by molar-refractivity contribution is 5.24. The molecule has 1 aliphatic rings. The van der Waals surface area contributed by atoms with E-state index in [4.69, 9.17) is 4.42 Å². The van der Waals surface area contributed by atoms with Gasteiger partial charge in [0.1, 0.15) is 5.76 Å². The van der Waals surface area contributed by atoms with Gasteiger partial charge in [0.25, 0.3) is 0 Å². The highest BCUT2D eigenvalue weighted by Crippen LogP contribution is 2.30. The molecule has 3 rings (SSSR count). The van der Waals surface area contributed by atoms with Crippen LogP contribution in [0.1, 0.15) is 35.9 Å². The van der Waals surface area contributed by atoms with Gasteiger partial charge in [-0.3, -0.25) is 4.98 Å².